The lowest BCUT2D eigenvalue weighted by molar-refractivity contribution is -0.136. The smallest absolute Gasteiger partial charge is 0.338 e. The van der Waals surface area contributed by atoms with Crippen LogP contribution in [0.15, 0.2) is 40.4 Å². The molecule has 2 heterocycles. The summed E-state index contributed by atoms with van der Waals surface area (Å²) in [5, 5.41) is 5.84. The molecule has 0 radical (unpaired) electrons. The van der Waals surface area contributed by atoms with Crippen molar-refractivity contribution in [2.75, 3.05) is 19.4 Å². The number of urea groups is 1. The average molecular weight is 401 g/mol. The summed E-state index contributed by atoms with van der Waals surface area (Å²) in [4.78, 5) is 40.0. The Balaban J connectivity index is 1.57. The number of cyclic esters (lactones) is 1. The number of hydrogen-bond donors (Lipinski definition) is 2. The fourth-order valence-electron chi connectivity index (χ4n) is 4.01. The third-order valence-corrected chi connectivity index (χ3v) is 6.21. The van der Waals surface area contributed by atoms with Crippen molar-refractivity contribution in [1.82, 2.24) is 15.5 Å². The highest BCUT2D eigenvalue weighted by molar-refractivity contribution is 7.98. The normalized spacial score (nSPS) is 22.2. The van der Waals surface area contributed by atoms with Crippen molar-refractivity contribution < 1.29 is 19.1 Å². The van der Waals surface area contributed by atoms with Crippen molar-refractivity contribution in [2.45, 2.75) is 42.7 Å². The van der Waals surface area contributed by atoms with Gasteiger partial charge in [0.2, 0.25) is 5.91 Å². The van der Waals surface area contributed by atoms with Gasteiger partial charge in [0, 0.05) is 10.9 Å². The van der Waals surface area contributed by atoms with Crippen LogP contribution in [-0.2, 0) is 14.3 Å². The highest BCUT2D eigenvalue weighted by atomic mass is 32.2. The Labute approximate surface area is 167 Å². The molecule has 2 aliphatic heterocycles. The van der Waals surface area contributed by atoms with Crippen molar-refractivity contribution in [3.8, 4) is 0 Å². The first kappa shape index (κ1) is 18.9. The maximum atomic E-state index is 12.8. The second kappa shape index (κ2) is 7.87. The van der Waals surface area contributed by atoms with Crippen molar-refractivity contribution in [3.63, 3.8) is 0 Å². The number of benzene rings is 1. The number of nitrogens with one attached hydrogen (secondary N) is 2. The first-order valence-corrected chi connectivity index (χ1v) is 10.7. The third-order valence-electron chi connectivity index (χ3n) is 5.47. The van der Waals surface area contributed by atoms with E-state index in [-0.39, 0.29) is 25.1 Å². The number of carbonyl (C=O) groups is 3. The summed E-state index contributed by atoms with van der Waals surface area (Å²) in [5.74, 6) is -0.661. The van der Waals surface area contributed by atoms with Gasteiger partial charge in [-0.25, -0.2) is 9.59 Å². The number of carbonyl (C=O) groups excluding carboxylic acids is 3. The van der Waals surface area contributed by atoms with Crippen LogP contribution in [-0.4, -0.2) is 48.3 Å². The lowest BCUT2D eigenvalue weighted by Crippen LogP contribution is -2.51. The molecule has 1 fully saturated rings. The number of thioether (sulfide) groups is 1. The van der Waals surface area contributed by atoms with Gasteiger partial charge in [0.1, 0.15) is 13.2 Å². The van der Waals surface area contributed by atoms with Crippen molar-refractivity contribution in [1.29, 1.82) is 0 Å². The highest BCUT2D eigenvalue weighted by Gasteiger charge is 2.42. The quantitative estimate of drug-likeness (QED) is 0.584. The number of hydrogen-bond acceptors (Lipinski definition) is 5. The van der Waals surface area contributed by atoms with Crippen molar-refractivity contribution in [2.24, 2.45) is 0 Å². The molecule has 7 nitrogen and oxygen atoms in total. The Bertz CT molecular complexity index is 830. The summed E-state index contributed by atoms with van der Waals surface area (Å²) < 4.78 is 5.21. The van der Waals surface area contributed by atoms with E-state index in [0.29, 0.717) is 11.3 Å². The SMILES string of the molecule is CSc1ccc(C2NC(=O)N(CC(=O)NC3CCCC3)C3=C2C(=O)OC3)cc1. The average Bonchev–Trinajstić information content (AvgIpc) is 3.34. The number of rotatable bonds is 5. The molecule has 0 spiro atoms. The van der Waals surface area contributed by atoms with E-state index in [1.165, 1.54) is 4.90 Å². The zero-order valence-corrected chi connectivity index (χ0v) is 16.5. The molecule has 2 N–H and O–H groups in total. The molecule has 1 unspecified atom stereocenters. The van der Waals surface area contributed by atoms with Gasteiger partial charge in [-0.2, -0.15) is 0 Å². The van der Waals surface area contributed by atoms with Crippen LogP contribution < -0.4 is 10.6 Å². The first-order valence-electron chi connectivity index (χ1n) is 9.48. The molecule has 8 heteroatoms. The van der Waals surface area contributed by atoms with Crippen LogP contribution in [0.3, 0.4) is 0 Å². The largest absolute Gasteiger partial charge is 0.456 e. The van der Waals surface area contributed by atoms with Crippen LogP contribution in [0.25, 0.3) is 0 Å². The minimum atomic E-state index is -0.567. The predicted octanol–water partition coefficient (Wildman–Crippen LogP) is 2.34. The van der Waals surface area contributed by atoms with E-state index in [4.69, 9.17) is 4.74 Å². The monoisotopic (exact) mass is 401 g/mol. The zero-order chi connectivity index (χ0) is 19.7. The van der Waals surface area contributed by atoms with Gasteiger partial charge in [-0.3, -0.25) is 9.69 Å². The first-order chi connectivity index (χ1) is 13.6. The number of amides is 3. The lowest BCUT2D eigenvalue weighted by atomic mass is 9.96. The Kier molecular flexibility index (Phi) is 5.30. The minimum absolute atomic E-state index is 0.0116. The topological polar surface area (TPSA) is 87.7 Å². The molecule has 0 bridgehead atoms. The number of ether oxygens (including phenoxy) is 1. The highest BCUT2D eigenvalue weighted by Crippen LogP contribution is 2.35. The van der Waals surface area contributed by atoms with Gasteiger partial charge in [0.15, 0.2) is 0 Å². The van der Waals surface area contributed by atoms with Gasteiger partial charge in [-0.05, 0) is 36.8 Å². The van der Waals surface area contributed by atoms with Gasteiger partial charge >= 0.3 is 12.0 Å². The van der Waals surface area contributed by atoms with Gasteiger partial charge in [0.05, 0.1) is 17.3 Å². The summed E-state index contributed by atoms with van der Waals surface area (Å²) in [6, 6.07) is 6.92. The van der Waals surface area contributed by atoms with Gasteiger partial charge < -0.3 is 15.4 Å². The van der Waals surface area contributed by atoms with E-state index in [2.05, 4.69) is 10.6 Å². The van der Waals surface area contributed by atoms with E-state index in [1.807, 2.05) is 30.5 Å². The molecular weight excluding hydrogens is 378 g/mol. The molecule has 148 valence electrons. The Hall–Kier alpha value is -2.48. The molecule has 1 aromatic rings. The molecule has 1 atom stereocenters. The minimum Gasteiger partial charge on any atom is -0.456 e. The maximum Gasteiger partial charge on any atom is 0.338 e. The van der Waals surface area contributed by atoms with Crippen molar-refractivity contribution in [3.05, 3.63) is 41.1 Å². The second-order valence-electron chi connectivity index (χ2n) is 7.23. The summed E-state index contributed by atoms with van der Waals surface area (Å²) in [6.45, 7) is -0.104. The summed E-state index contributed by atoms with van der Waals surface area (Å²) >= 11 is 1.62. The molecule has 0 saturated heterocycles. The van der Waals surface area contributed by atoms with Crippen LogP contribution in [0.4, 0.5) is 4.79 Å². The van der Waals surface area contributed by atoms with Gasteiger partial charge in [-0.15, -0.1) is 11.8 Å². The summed E-state index contributed by atoms with van der Waals surface area (Å²) in [7, 11) is 0. The Morgan fingerprint density at radius 2 is 1.96 bits per heavy atom. The molecule has 1 aromatic carbocycles. The van der Waals surface area contributed by atoms with Gasteiger partial charge in [-0.1, -0.05) is 25.0 Å². The Morgan fingerprint density at radius 1 is 1.25 bits per heavy atom. The lowest BCUT2D eigenvalue weighted by Gasteiger charge is -2.32. The van der Waals surface area contributed by atoms with Crippen LogP contribution in [0.5, 0.6) is 0 Å². The van der Waals surface area contributed by atoms with Crippen LogP contribution in [0, 0.1) is 0 Å². The molecule has 3 amide bonds. The molecule has 28 heavy (non-hydrogen) atoms. The van der Waals surface area contributed by atoms with E-state index in [0.717, 1.165) is 36.1 Å². The fraction of sp³-hybridized carbons (Fsp3) is 0.450. The van der Waals surface area contributed by atoms with E-state index < -0.39 is 18.0 Å². The zero-order valence-electron chi connectivity index (χ0n) is 15.7. The van der Waals surface area contributed by atoms with E-state index in [9.17, 15) is 14.4 Å². The molecule has 4 rings (SSSR count). The van der Waals surface area contributed by atoms with E-state index in [1.54, 1.807) is 11.8 Å². The maximum absolute atomic E-state index is 12.8. The summed E-state index contributed by atoms with van der Waals surface area (Å²) in [6.07, 6.45) is 6.16. The van der Waals surface area contributed by atoms with Crippen LogP contribution >= 0.6 is 11.8 Å². The molecule has 1 saturated carbocycles. The predicted molar refractivity (Wildman–Crippen MR) is 105 cm³/mol. The molecule has 0 aromatic heterocycles. The molecule has 1 aliphatic carbocycles. The van der Waals surface area contributed by atoms with E-state index >= 15 is 0 Å². The van der Waals surface area contributed by atoms with Gasteiger partial charge in [0.25, 0.3) is 0 Å². The Morgan fingerprint density at radius 3 is 2.64 bits per heavy atom. The summed E-state index contributed by atoms with van der Waals surface area (Å²) in [5.41, 5.74) is 1.70. The number of esters is 1. The second-order valence-corrected chi connectivity index (χ2v) is 8.11. The number of nitrogens with zero attached hydrogens (tertiary/aromatic N) is 1. The molecular formula is C20H23N3O4S. The third kappa shape index (κ3) is 3.61. The van der Waals surface area contributed by atoms with Crippen molar-refractivity contribution >= 4 is 29.7 Å². The van der Waals surface area contributed by atoms with Crippen LogP contribution in [0.2, 0.25) is 0 Å². The molecule has 3 aliphatic rings. The fourth-order valence-corrected chi connectivity index (χ4v) is 4.42. The van der Waals surface area contributed by atoms with Crippen LogP contribution in [0.1, 0.15) is 37.3 Å². The standard InChI is InChI=1S/C20H23N3O4S/c1-28-14-8-6-12(7-9-14)18-17-15(11-27-19(17)25)23(20(26)22-18)10-16(24)21-13-4-2-3-5-13/h6-9,13,18H,2-5,10-11H2,1H3,(H,21,24)(H,22,26).